The van der Waals surface area contributed by atoms with Crippen molar-refractivity contribution in [2.75, 3.05) is 6.66 Å². The molecule has 0 aromatic carbocycles. The van der Waals surface area contributed by atoms with Crippen LogP contribution in [-0.2, 0) is 0 Å². The molecule has 1 atom stereocenters. The Morgan fingerprint density at radius 3 is 2.19 bits per heavy atom. The van der Waals surface area contributed by atoms with Gasteiger partial charge in [-0.3, -0.25) is 0 Å². The van der Waals surface area contributed by atoms with Crippen molar-refractivity contribution in [3.05, 3.63) is 37.0 Å². The van der Waals surface area contributed by atoms with Crippen LogP contribution >= 0.6 is 7.92 Å². The third kappa shape index (κ3) is 3.35. The summed E-state index contributed by atoms with van der Waals surface area (Å²) in [6.45, 7) is 13.4. The molecule has 1 rings (SSSR count). The molecule has 0 amide bonds. The standard InChI is InChI=1S/C14H23P.B/c1-6-10-14(11-8-7-9-12-14)15(5)13(2,3)4;/h6,8-9,11-12H,1,7,10H2,2-5H3;. The van der Waals surface area contributed by atoms with Gasteiger partial charge in [0.25, 0.3) is 0 Å². The van der Waals surface area contributed by atoms with Gasteiger partial charge in [-0.15, -0.1) is 6.58 Å². The summed E-state index contributed by atoms with van der Waals surface area (Å²) in [6, 6.07) is 0. The SMILES string of the molecule is C=CCC1(P(C)C(C)(C)C)C=CCC=C1.[B]. The second-order valence-corrected chi connectivity index (χ2v) is 8.55. The Balaban J connectivity index is 0.00000225. The normalized spacial score (nSPS) is 20.0. The monoisotopic (exact) mass is 233 g/mol. The molecule has 0 spiro atoms. The molecule has 0 heterocycles. The molecule has 0 N–H and O–H groups in total. The topological polar surface area (TPSA) is 0 Å². The van der Waals surface area contributed by atoms with E-state index in [1.54, 1.807) is 0 Å². The quantitative estimate of drug-likeness (QED) is 0.386. The molecule has 0 aliphatic heterocycles. The number of allylic oxidation sites excluding steroid dienone is 5. The molecule has 1 aliphatic rings. The molecule has 0 nitrogen and oxygen atoms in total. The molecule has 1 unspecified atom stereocenters. The van der Waals surface area contributed by atoms with Crippen molar-refractivity contribution in [3.8, 4) is 0 Å². The Morgan fingerprint density at radius 2 is 1.81 bits per heavy atom. The van der Waals surface area contributed by atoms with Crippen molar-refractivity contribution >= 4 is 16.3 Å². The lowest BCUT2D eigenvalue weighted by atomic mass is 9.98. The predicted octanol–water partition coefficient (Wildman–Crippen LogP) is 4.35. The van der Waals surface area contributed by atoms with Crippen LogP contribution in [0.15, 0.2) is 37.0 Å². The highest BCUT2D eigenvalue weighted by Gasteiger charge is 2.37. The number of rotatable bonds is 3. The van der Waals surface area contributed by atoms with E-state index in [2.05, 4.69) is 64.4 Å². The summed E-state index contributed by atoms with van der Waals surface area (Å²) in [4.78, 5) is 0. The summed E-state index contributed by atoms with van der Waals surface area (Å²) >= 11 is 0. The van der Waals surface area contributed by atoms with Crippen molar-refractivity contribution in [2.24, 2.45) is 0 Å². The van der Waals surface area contributed by atoms with E-state index < -0.39 is 0 Å². The summed E-state index contributed by atoms with van der Waals surface area (Å²) in [7, 11) is -0.0748. The molecule has 0 aromatic heterocycles. The molecule has 0 aromatic rings. The van der Waals surface area contributed by atoms with Crippen LogP contribution in [0, 0.1) is 0 Å². The molecular formula is C14H23BP. The smallest absolute Gasteiger partial charge is 0.0299 e. The van der Waals surface area contributed by atoms with Gasteiger partial charge in [0, 0.05) is 13.6 Å². The van der Waals surface area contributed by atoms with Crippen LogP contribution in [0.1, 0.15) is 33.6 Å². The van der Waals surface area contributed by atoms with E-state index in [1.807, 2.05) is 0 Å². The Labute approximate surface area is 104 Å². The van der Waals surface area contributed by atoms with Crippen LogP contribution in [-0.4, -0.2) is 25.4 Å². The maximum absolute atomic E-state index is 3.91. The minimum absolute atomic E-state index is 0. The predicted molar refractivity (Wildman–Crippen MR) is 78.8 cm³/mol. The van der Waals surface area contributed by atoms with Crippen molar-refractivity contribution in [1.82, 2.24) is 0 Å². The van der Waals surface area contributed by atoms with Gasteiger partial charge in [-0.1, -0.05) is 59.1 Å². The average Bonchev–Trinajstić information content (AvgIpc) is 2.17. The Kier molecular flexibility index (Phi) is 5.77. The third-order valence-corrected chi connectivity index (χ3v) is 6.93. The van der Waals surface area contributed by atoms with Crippen molar-refractivity contribution in [1.29, 1.82) is 0 Å². The first-order valence-corrected chi connectivity index (χ1v) is 7.41. The fourth-order valence-electron chi connectivity index (χ4n) is 2.03. The lowest BCUT2D eigenvalue weighted by Gasteiger charge is -2.43. The third-order valence-electron chi connectivity index (χ3n) is 3.19. The highest BCUT2D eigenvalue weighted by molar-refractivity contribution is 7.60. The molecule has 16 heavy (non-hydrogen) atoms. The zero-order chi connectivity index (χ0) is 11.5. The van der Waals surface area contributed by atoms with Crippen molar-refractivity contribution in [2.45, 2.75) is 43.9 Å². The Morgan fingerprint density at radius 1 is 1.31 bits per heavy atom. The average molecular weight is 233 g/mol. The van der Waals surface area contributed by atoms with E-state index in [1.165, 1.54) is 0 Å². The van der Waals surface area contributed by atoms with Gasteiger partial charge in [0.1, 0.15) is 0 Å². The number of hydrogen-bond donors (Lipinski definition) is 0. The highest BCUT2D eigenvalue weighted by atomic mass is 31.1. The lowest BCUT2D eigenvalue weighted by molar-refractivity contribution is 0.742. The van der Waals surface area contributed by atoms with Crippen molar-refractivity contribution in [3.63, 3.8) is 0 Å². The van der Waals surface area contributed by atoms with Gasteiger partial charge < -0.3 is 0 Å². The molecule has 2 heteroatoms. The van der Waals surface area contributed by atoms with Crippen LogP contribution in [0.2, 0.25) is 0 Å². The van der Waals surface area contributed by atoms with Crippen LogP contribution in [0.5, 0.6) is 0 Å². The summed E-state index contributed by atoms with van der Waals surface area (Å²) in [5.74, 6) is 0. The molecule has 0 saturated carbocycles. The lowest BCUT2D eigenvalue weighted by Crippen LogP contribution is -2.29. The van der Waals surface area contributed by atoms with Gasteiger partial charge in [0.05, 0.1) is 0 Å². The second-order valence-electron chi connectivity index (χ2n) is 5.25. The van der Waals surface area contributed by atoms with Gasteiger partial charge in [-0.05, 0) is 24.7 Å². The molecule has 0 saturated heterocycles. The summed E-state index contributed by atoms with van der Waals surface area (Å²) < 4.78 is 0. The zero-order valence-corrected chi connectivity index (χ0v) is 11.9. The van der Waals surface area contributed by atoms with E-state index in [0.29, 0.717) is 5.16 Å². The van der Waals surface area contributed by atoms with Gasteiger partial charge in [0.15, 0.2) is 0 Å². The minimum Gasteiger partial charge on any atom is -0.103 e. The fourth-order valence-corrected chi connectivity index (χ4v) is 4.34. The largest absolute Gasteiger partial charge is 0.103 e. The van der Waals surface area contributed by atoms with Crippen LogP contribution in [0.3, 0.4) is 0 Å². The maximum atomic E-state index is 3.91. The minimum atomic E-state index is -0.0748. The second kappa shape index (κ2) is 5.87. The van der Waals surface area contributed by atoms with Gasteiger partial charge in [-0.25, -0.2) is 0 Å². The first kappa shape index (κ1) is 15.7. The Hall–Kier alpha value is -0.285. The summed E-state index contributed by atoms with van der Waals surface area (Å²) in [6.07, 6.45) is 13.6. The Bertz CT molecular complexity index is 272. The number of hydrogen-bond acceptors (Lipinski definition) is 0. The molecule has 3 radical (unpaired) electrons. The molecule has 87 valence electrons. The summed E-state index contributed by atoms with van der Waals surface area (Å²) in [5.41, 5.74) is 0. The zero-order valence-electron chi connectivity index (χ0n) is 11.0. The van der Waals surface area contributed by atoms with Gasteiger partial charge >= 0.3 is 0 Å². The molecule has 0 bridgehead atoms. The molecule has 0 fully saturated rings. The van der Waals surface area contributed by atoms with E-state index in [4.69, 9.17) is 0 Å². The first-order valence-electron chi connectivity index (χ1n) is 5.62. The van der Waals surface area contributed by atoms with E-state index in [-0.39, 0.29) is 21.5 Å². The van der Waals surface area contributed by atoms with Crippen LogP contribution in [0.4, 0.5) is 0 Å². The van der Waals surface area contributed by atoms with Crippen LogP contribution < -0.4 is 0 Å². The van der Waals surface area contributed by atoms with E-state index in [0.717, 1.165) is 12.8 Å². The first-order chi connectivity index (χ1) is 6.92. The van der Waals surface area contributed by atoms with E-state index >= 15 is 0 Å². The molecule has 1 aliphatic carbocycles. The van der Waals surface area contributed by atoms with Gasteiger partial charge in [-0.2, -0.15) is 0 Å². The maximum Gasteiger partial charge on any atom is 0.0299 e. The fraction of sp³-hybridized carbons (Fsp3) is 0.571. The van der Waals surface area contributed by atoms with Crippen LogP contribution in [0.25, 0.3) is 0 Å². The highest BCUT2D eigenvalue weighted by Crippen LogP contribution is 2.60. The van der Waals surface area contributed by atoms with E-state index in [9.17, 15) is 0 Å². The molecular weight excluding hydrogens is 210 g/mol. The van der Waals surface area contributed by atoms with Crippen molar-refractivity contribution < 1.29 is 0 Å². The van der Waals surface area contributed by atoms with Gasteiger partial charge in [0.2, 0.25) is 0 Å². The summed E-state index contributed by atoms with van der Waals surface area (Å²) in [5, 5.41) is 0.651.